The maximum atomic E-state index is 12.2. The average Bonchev–Trinajstić information content (AvgIpc) is 2.69. The van der Waals surface area contributed by atoms with E-state index < -0.39 is 15.9 Å². The van der Waals surface area contributed by atoms with Gasteiger partial charge < -0.3 is 15.4 Å². The van der Waals surface area contributed by atoms with E-state index >= 15 is 0 Å². The third kappa shape index (κ3) is 6.88. The maximum Gasteiger partial charge on any atom is 0.251 e. The molecule has 0 aliphatic rings. The number of rotatable bonds is 9. The summed E-state index contributed by atoms with van der Waals surface area (Å²) in [5, 5.41) is 5.21. The van der Waals surface area contributed by atoms with Gasteiger partial charge in [0, 0.05) is 18.2 Å². The minimum absolute atomic E-state index is 0.0683. The Balaban J connectivity index is 1.86. The smallest absolute Gasteiger partial charge is 0.251 e. The summed E-state index contributed by atoms with van der Waals surface area (Å²) in [4.78, 5) is 24.2. The van der Waals surface area contributed by atoms with Crippen LogP contribution in [-0.2, 0) is 21.4 Å². The molecule has 2 amide bonds. The number of amides is 2. The molecule has 9 heteroatoms. The molecule has 0 saturated carbocycles. The van der Waals surface area contributed by atoms with Crippen LogP contribution < -0.4 is 20.1 Å². The van der Waals surface area contributed by atoms with Crippen molar-refractivity contribution in [3.63, 3.8) is 0 Å². The minimum atomic E-state index is -3.62. The van der Waals surface area contributed by atoms with Crippen molar-refractivity contribution in [1.29, 1.82) is 0 Å². The SMILES string of the molecule is COc1cccc(CNC(=O)CNC(=O)c2ccc(S(=O)(=O)NC(C)C)cc2)c1. The summed E-state index contributed by atoms with van der Waals surface area (Å²) in [7, 11) is -2.06. The number of hydrogen-bond acceptors (Lipinski definition) is 5. The van der Waals surface area contributed by atoms with Gasteiger partial charge in [-0.3, -0.25) is 9.59 Å². The molecule has 156 valence electrons. The summed E-state index contributed by atoms with van der Waals surface area (Å²) in [6, 6.07) is 12.6. The number of carbonyl (C=O) groups excluding carboxylic acids is 2. The van der Waals surface area contributed by atoms with Crippen LogP contribution in [0, 0.1) is 0 Å². The first-order valence-corrected chi connectivity index (χ1v) is 10.5. The van der Waals surface area contributed by atoms with Crippen LogP contribution in [-0.4, -0.2) is 39.9 Å². The molecule has 0 atom stereocenters. The Hall–Kier alpha value is -2.91. The third-order valence-electron chi connectivity index (χ3n) is 3.85. The van der Waals surface area contributed by atoms with Gasteiger partial charge in [0.1, 0.15) is 5.75 Å². The Morgan fingerprint density at radius 2 is 1.72 bits per heavy atom. The Bertz CT molecular complexity index is 956. The molecular formula is C20H25N3O5S. The topological polar surface area (TPSA) is 114 Å². The Kier molecular flexibility index (Phi) is 7.74. The van der Waals surface area contributed by atoms with Gasteiger partial charge in [-0.2, -0.15) is 0 Å². The molecule has 3 N–H and O–H groups in total. The van der Waals surface area contributed by atoms with Gasteiger partial charge in [0.15, 0.2) is 0 Å². The molecule has 0 radical (unpaired) electrons. The fourth-order valence-electron chi connectivity index (χ4n) is 2.47. The van der Waals surface area contributed by atoms with E-state index in [2.05, 4.69) is 15.4 Å². The number of ether oxygens (including phenoxy) is 1. The summed E-state index contributed by atoms with van der Waals surface area (Å²) in [5.74, 6) is -0.122. The molecule has 2 rings (SSSR count). The lowest BCUT2D eigenvalue weighted by atomic mass is 10.2. The van der Waals surface area contributed by atoms with Crippen molar-refractivity contribution in [2.75, 3.05) is 13.7 Å². The number of carbonyl (C=O) groups is 2. The molecule has 2 aromatic carbocycles. The number of nitrogens with one attached hydrogen (secondary N) is 3. The molecule has 0 bridgehead atoms. The highest BCUT2D eigenvalue weighted by atomic mass is 32.2. The van der Waals surface area contributed by atoms with Gasteiger partial charge in [-0.25, -0.2) is 13.1 Å². The highest BCUT2D eigenvalue weighted by molar-refractivity contribution is 7.89. The minimum Gasteiger partial charge on any atom is -0.497 e. The molecule has 8 nitrogen and oxygen atoms in total. The van der Waals surface area contributed by atoms with Crippen LogP contribution in [0.5, 0.6) is 5.75 Å². The number of sulfonamides is 1. The van der Waals surface area contributed by atoms with E-state index in [4.69, 9.17) is 4.74 Å². The van der Waals surface area contributed by atoms with Crippen molar-refractivity contribution in [3.8, 4) is 5.75 Å². The molecule has 0 aromatic heterocycles. The van der Waals surface area contributed by atoms with E-state index in [-0.39, 0.29) is 29.0 Å². The second-order valence-electron chi connectivity index (χ2n) is 6.61. The monoisotopic (exact) mass is 419 g/mol. The lowest BCUT2D eigenvalue weighted by Gasteiger charge is -2.10. The Labute approximate surface area is 170 Å². The van der Waals surface area contributed by atoms with Crippen molar-refractivity contribution in [3.05, 3.63) is 59.7 Å². The summed E-state index contributed by atoms with van der Waals surface area (Å²) in [5.41, 5.74) is 1.13. The second-order valence-corrected chi connectivity index (χ2v) is 8.33. The van der Waals surface area contributed by atoms with Crippen molar-refractivity contribution in [2.45, 2.75) is 31.3 Å². The van der Waals surface area contributed by atoms with Crippen LogP contribution in [0.4, 0.5) is 0 Å². The van der Waals surface area contributed by atoms with Crippen molar-refractivity contribution in [2.24, 2.45) is 0 Å². The second kappa shape index (κ2) is 10.0. The van der Waals surface area contributed by atoms with Crippen molar-refractivity contribution < 1.29 is 22.7 Å². The zero-order valence-electron chi connectivity index (χ0n) is 16.6. The number of benzene rings is 2. The van der Waals surface area contributed by atoms with Gasteiger partial charge in [0.2, 0.25) is 15.9 Å². The van der Waals surface area contributed by atoms with Crippen LogP contribution in [0.25, 0.3) is 0 Å². The van der Waals surface area contributed by atoms with Crippen LogP contribution in [0.2, 0.25) is 0 Å². The predicted molar refractivity (Wildman–Crippen MR) is 109 cm³/mol. The molecule has 0 saturated heterocycles. The van der Waals surface area contributed by atoms with E-state index in [0.29, 0.717) is 12.3 Å². The summed E-state index contributed by atoms with van der Waals surface area (Å²) in [6.07, 6.45) is 0. The largest absolute Gasteiger partial charge is 0.497 e. The van der Waals surface area contributed by atoms with E-state index in [0.717, 1.165) is 5.56 Å². The molecule has 0 aliphatic heterocycles. The predicted octanol–water partition coefficient (Wildman–Crippen LogP) is 1.43. The van der Waals surface area contributed by atoms with Gasteiger partial charge in [-0.05, 0) is 55.8 Å². The molecule has 0 spiro atoms. The van der Waals surface area contributed by atoms with Gasteiger partial charge >= 0.3 is 0 Å². The van der Waals surface area contributed by atoms with Crippen LogP contribution in [0.15, 0.2) is 53.4 Å². The molecule has 0 fully saturated rings. The van der Waals surface area contributed by atoms with Gasteiger partial charge in [-0.1, -0.05) is 12.1 Å². The number of hydrogen-bond donors (Lipinski definition) is 3. The number of methoxy groups -OCH3 is 1. The standard InChI is InChI=1S/C20H25N3O5S/c1-14(2)23-29(26,27)18-9-7-16(8-10-18)20(25)22-13-19(24)21-12-15-5-4-6-17(11-15)28-3/h4-11,14,23H,12-13H2,1-3H3,(H,21,24)(H,22,25). The van der Waals surface area contributed by atoms with E-state index in [1.165, 1.54) is 24.3 Å². The molecule has 0 aliphatic carbocycles. The highest BCUT2D eigenvalue weighted by Gasteiger charge is 2.16. The Morgan fingerprint density at radius 3 is 2.34 bits per heavy atom. The zero-order chi connectivity index (χ0) is 21.4. The van der Waals surface area contributed by atoms with Gasteiger partial charge in [0.05, 0.1) is 18.6 Å². The Morgan fingerprint density at radius 1 is 1.03 bits per heavy atom. The molecule has 0 heterocycles. The van der Waals surface area contributed by atoms with Crippen LogP contribution in [0.1, 0.15) is 29.8 Å². The highest BCUT2D eigenvalue weighted by Crippen LogP contribution is 2.12. The first kappa shape index (κ1) is 22.4. The summed E-state index contributed by atoms with van der Waals surface area (Å²) in [6.45, 7) is 3.55. The van der Waals surface area contributed by atoms with Crippen LogP contribution in [0.3, 0.4) is 0 Å². The zero-order valence-corrected chi connectivity index (χ0v) is 17.4. The average molecular weight is 420 g/mol. The third-order valence-corrected chi connectivity index (χ3v) is 5.53. The van der Waals surface area contributed by atoms with E-state index in [1.54, 1.807) is 27.0 Å². The quantitative estimate of drug-likeness (QED) is 0.569. The maximum absolute atomic E-state index is 12.2. The van der Waals surface area contributed by atoms with E-state index in [1.807, 2.05) is 18.2 Å². The fourth-order valence-corrected chi connectivity index (χ4v) is 3.72. The molecule has 2 aromatic rings. The first-order valence-electron chi connectivity index (χ1n) is 9.01. The van der Waals surface area contributed by atoms with Crippen molar-refractivity contribution in [1.82, 2.24) is 15.4 Å². The fraction of sp³-hybridized carbons (Fsp3) is 0.300. The molecule has 29 heavy (non-hydrogen) atoms. The molecule has 0 unspecified atom stereocenters. The lowest BCUT2D eigenvalue weighted by Crippen LogP contribution is -2.36. The lowest BCUT2D eigenvalue weighted by molar-refractivity contribution is -0.120. The van der Waals surface area contributed by atoms with Gasteiger partial charge in [-0.15, -0.1) is 0 Å². The first-order chi connectivity index (χ1) is 13.7. The normalized spacial score (nSPS) is 11.2. The summed E-state index contributed by atoms with van der Waals surface area (Å²) >= 11 is 0. The summed E-state index contributed by atoms with van der Waals surface area (Å²) < 4.78 is 31.8. The van der Waals surface area contributed by atoms with Crippen LogP contribution >= 0.6 is 0 Å². The van der Waals surface area contributed by atoms with Crippen molar-refractivity contribution >= 4 is 21.8 Å². The molecular weight excluding hydrogens is 394 g/mol. The van der Waals surface area contributed by atoms with Gasteiger partial charge in [0.25, 0.3) is 5.91 Å². The van der Waals surface area contributed by atoms with E-state index in [9.17, 15) is 18.0 Å².